The zero-order valence-electron chi connectivity index (χ0n) is 18.2. The van der Waals surface area contributed by atoms with Crippen molar-refractivity contribution in [2.75, 3.05) is 13.2 Å². The molecule has 2 atom stereocenters. The van der Waals surface area contributed by atoms with Gasteiger partial charge in [0.15, 0.2) is 0 Å². The summed E-state index contributed by atoms with van der Waals surface area (Å²) >= 11 is 0. The highest BCUT2D eigenvalue weighted by atomic mass is 17.2. The molecule has 1 saturated heterocycles. The monoisotopic (exact) mass is 411 g/mol. The number of benzene rings is 1. The molecule has 0 aromatic heterocycles. The van der Waals surface area contributed by atoms with Crippen LogP contribution >= 0.6 is 0 Å². The lowest BCUT2D eigenvalue weighted by molar-refractivity contribution is -0.385. The summed E-state index contributed by atoms with van der Waals surface area (Å²) in [6.07, 6.45) is 13.9. The van der Waals surface area contributed by atoms with E-state index in [1.165, 1.54) is 50.5 Å². The number of nitrogens with two attached hydrogens (primary N) is 1. The summed E-state index contributed by atoms with van der Waals surface area (Å²) in [5, 5.41) is 0. The van der Waals surface area contributed by atoms with Gasteiger partial charge in [0.1, 0.15) is 17.0 Å². The van der Waals surface area contributed by atoms with Gasteiger partial charge in [0, 0.05) is 6.42 Å². The van der Waals surface area contributed by atoms with Crippen LogP contribution in [0.4, 0.5) is 0 Å². The smallest absolute Gasteiger partial charge is 0.119 e. The minimum absolute atomic E-state index is 0.0377. The fourth-order valence-electron chi connectivity index (χ4n) is 8.09. The van der Waals surface area contributed by atoms with Crippen LogP contribution in [0.15, 0.2) is 24.3 Å². The molecule has 0 amide bonds. The summed E-state index contributed by atoms with van der Waals surface area (Å²) in [6.45, 7) is 1.37. The molecular weight excluding hydrogens is 374 g/mol. The molecule has 2 N–H and O–H groups in total. The van der Waals surface area contributed by atoms with Crippen molar-refractivity contribution in [1.82, 2.24) is 0 Å². The van der Waals surface area contributed by atoms with Crippen LogP contribution in [0.5, 0.6) is 5.75 Å². The quantitative estimate of drug-likeness (QED) is 0.524. The summed E-state index contributed by atoms with van der Waals surface area (Å²) in [6, 6.07) is 8.77. The first-order chi connectivity index (χ1) is 14.7. The Morgan fingerprint density at radius 1 is 0.967 bits per heavy atom. The van der Waals surface area contributed by atoms with Crippen molar-refractivity contribution in [3.8, 4) is 5.75 Å². The van der Waals surface area contributed by atoms with Crippen molar-refractivity contribution in [2.45, 2.75) is 87.7 Å². The van der Waals surface area contributed by atoms with Gasteiger partial charge >= 0.3 is 0 Å². The number of rotatable bonds is 5. The second-order valence-corrected chi connectivity index (χ2v) is 11.1. The first kappa shape index (κ1) is 19.6. The van der Waals surface area contributed by atoms with Gasteiger partial charge in [0.05, 0.1) is 6.61 Å². The van der Waals surface area contributed by atoms with E-state index < -0.39 is 0 Å². The number of hydrogen-bond acceptors (Lipinski definition) is 4. The zero-order chi connectivity index (χ0) is 20.2. The molecule has 5 aliphatic carbocycles. The second-order valence-electron chi connectivity index (χ2n) is 11.1. The van der Waals surface area contributed by atoms with Gasteiger partial charge in [-0.05, 0) is 118 Å². The number of ether oxygens (including phenoxy) is 1. The van der Waals surface area contributed by atoms with Gasteiger partial charge in [-0.3, -0.25) is 0 Å². The van der Waals surface area contributed by atoms with Gasteiger partial charge in [-0.2, -0.15) is 0 Å². The third-order valence-electron chi connectivity index (χ3n) is 9.26. The summed E-state index contributed by atoms with van der Waals surface area (Å²) in [5.41, 5.74) is 6.96. The Bertz CT molecular complexity index is 734. The zero-order valence-corrected chi connectivity index (χ0v) is 18.2. The Balaban J connectivity index is 1.15. The Morgan fingerprint density at radius 3 is 2.40 bits per heavy atom. The molecule has 4 bridgehead atoms. The van der Waals surface area contributed by atoms with Crippen LogP contribution in [0.1, 0.15) is 82.1 Å². The number of hydrogen-bond donors (Lipinski definition) is 1. The molecule has 164 valence electrons. The van der Waals surface area contributed by atoms with Crippen LogP contribution in [-0.4, -0.2) is 24.4 Å². The molecular formula is C26H37NO3. The van der Waals surface area contributed by atoms with E-state index in [9.17, 15) is 0 Å². The average Bonchev–Trinajstić information content (AvgIpc) is 3.12. The SMILES string of the molecule is NCCCOc1ccc([C@@H]2CCC[C@@]3(C2)CC2(OO3)C3CC4CC(C3)CC2C4)cc1. The predicted octanol–water partition coefficient (Wildman–Crippen LogP) is 5.36. The molecule has 1 aromatic carbocycles. The first-order valence-electron chi connectivity index (χ1n) is 12.5. The summed E-state index contributed by atoms with van der Waals surface area (Å²) in [4.78, 5) is 12.8. The normalized spacial score (nSPS) is 44.2. The fraction of sp³-hybridized carbons (Fsp3) is 0.769. The summed E-state index contributed by atoms with van der Waals surface area (Å²) < 4.78 is 5.79. The van der Waals surface area contributed by atoms with Gasteiger partial charge in [-0.1, -0.05) is 12.1 Å². The Labute approximate surface area is 180 Å². The van der Waals surface area contributed by atoms with Gasteiger partial charge in [-0.25, -0.2) is 9.78 Å². The minimum atomic E-state index is -0.0609. The molecule has 1 heterocycles. The predicted molar refractivity (Wildman–Crippen MR) is 116 cm³/mol. The van der Waals surface area contributed by atoms with E-state index >= 15 is 0 Å². The Kier molecular flexibility index (Phi) is 4.89. The maximum absolute atomic E-state index is 6.44. The molecule has 0 unspecified atom stereocenters. The van der Waals surface area contributed by atoms with E-state index in [2.05, 4.69) is 24.3 Å². The molecule has 4 heteroatoms. The third kappa shape index (κ3) is 3.22. The third-order valence-corrected chi connectivity index (χ3v) is 9.26. The molecule has 4 nitrogen and oxygen atoms in total. The van der Waals surface area contributed by atoms with E-state index in [1.807, 2.05) is 0 Å². The van der Waals surface area contributed by atoms with E-state index in [4.69, 9.17) is 20.2 Å². The van der Waals surface area contributed by atoms with Gasteiger partial charge < -0.3 is 10.5 Å². The molecule has 30 heavy (non-hydrogen) atoms. The molecule has 1 aromatic rings. The first-order valence-corrected chi connectivity index (χ1v) is 12.5. The van der Waals surface area contributed by atoms with Crippen molar-refractivity contribution >= 4 is 0 Å². The molecule has 7 rings (SSSR count). The molecule has 0 radical (unpaired) electrons. The van der Waals surface area contributed by atoms with Crippen molar-refractivity contribution in [2.24, 2.45) is 29.4 Å². The van der Waals surface area contributed by atoms with Crippen molar-refractivity contribution < 1.29 is 14.5 Å². The van der Waals surface area contributed by atoms with E-state index in [-0.39, 0.29) is 11.2 Å². The lowest BCUT2D eigenvalue weighted by Gasteiger charge is -2.58. The highest BCUT2D eigenvalue weighted by Gasteiger charge is 2.65. The van der Waals surface area contributed by atoms with Gasteiger partial charge in [0.2, 0.25) is 0 Å². The maximum atomic E-state index is 6.44. The summed E-state index contributed by atoms with van der Waals surface area (Å²) in [7, 11) is 0. The molecule has 2 spiro atoms. The highest BCUT2D eigenvalue weighted by molar-refractivity contribution is 5.30. The standard InChI is InChI=1S/C26H37NO3/c27-9-2-10-28-24-6-4-20(5-7-24)21-3-1-8-25(16-21)17-26(30-29-25)22-12-18-11-19(14-22)15-23(26)13-18/h4-7,18-19,21-23H,1-3,8-17,27H2/t18?,19?,21-,22?,23?,25-,26?/m1/s1. The summed E-state index contributed by atoms with van der Waals surface area (Å²) in [5.74, 6) is 4.96. The van der Waals surface area contributed by atoms with Crippen LogP contribution < -0.4 is 10.5 Å². The maximum Gasteiger partial charge on any atom is 0.119 e. The second kappa shape index (κ2) is 7.50. The fourth-order valence-corrected chi connectivity index (χ4v) is 8.09. The van der Waals surface area contributed by atoms with E-state index in [0.717, 1.165) is 55.1 Å². The van der Waals surface area contributed by atoms with Crippen molar-refractivity contribution in [1.29, 1.82) is 0 Å². The van der Waals surface area contributed by atoms with Crippen molar-refractivity contribution in [3.63, 3.8) is 0 Å². The van der Waals surface area contributed by atoms with Crippen molar-refractivity contribution in [3.05, 3.63) is 29.8 Å². The van der Waals surface area contributed by atoms with Crippen LogP contribution in [0.3, 0.4) is 0 Å². The van der Waals surface area contributed by atoms with Crippen LogP contribution in [0.25, 0.3) is 0 Å². The van der Waals surface area contributed by atoms with E-state index in [0.29, 0.717) is 19.1 Å². The minimum Gasteiger partial charge on any atom is -0.494 e. The van der Waals surface area contributed by atoms with E-state index in [1.54, 1.807) is 0 Å². The van der Waals surface area contributed by atoms with Crippen LogP contribution in [0, 0.1) is 23.7 Å². The average molecular weight is 412 g/mol. The molecule has 6 fully saturated rings. The molecule has 6 aliphatic rings. The Morgan fingerprint density at radius 2 is 1.70 bits per heavy atom. The molecule has 5 saturated carbocycles. The topological polar surface area (TPSA) is 53.7 Å². The highest BCUT2D eigenvalue weighted by Crippen LogP contribution is 2.65. The largest absolute Gasteiger partial charge is 0.494 e. The molecule has 1 aliphatic heterocycles. The van der Waals surface area contributed by atoms with Crippen LogP contribution in [-0.2, 0) is 9.78 Å². The van der Waals surface area contributed by atoms with Gasteiger partial charge in [0.25, 0.3) is 0 Å². The van der Waals surface area contributed by atoms with Crippen LogP contribution in [0.2, 0.25) is 0 Å². The Hall–Kier alpha value is -1.10. The lowest BCUT2D eigenvalue weighted by Crippen LogP contribution is -2.58. The van der Waals surface area contributed by atoms with Gasteiger partial charge in [-0.15, -0.1) is 0 Å². The lowest BCUT2D eigenvalue weighted by atomic mass is 9.48.